The first-order valence-electron chi connectivity index (χ1n) is 7.32. The Morgan fingerprint density at radius 1 is 1.30 bits per heavy atom. The summed E-state index contributed by atoms with van der Waals surface area (Å²) in [6, 6.07) is -0.0256. The molecule has 0 bridgehead atoms. The minimum absolute atomic E-state index is 0.0256. The van der Waals surface area contributed by atoms with Crippen LogP contribution in [-0.4, -0.2) is 43.6 Å². The molecule has 1 N–H and O–H groups in total. The van der Waals surface area contributed by atoms with Crippen LogP contribution in [0.3, 0.4) is 0 Å². The lowest BCUT2D eigenvalue weighted by Gasteiger charge is -2.23. The molecule has 0 amide bonds. The quantitative estimate of drug-likeness (QED) is 0.756. The van der Waals surface area contributed by atoms with E-state index in [1.165, 1.54) is 0 Å². The molecular formula is C14H27NO4S. The second-order valence-electron chi connectivity index (χ2n) is 6.42. The molecule has 0 aromatic heterocycles. The monoisotopic (exact) mass is 305 g/mol. The van der Waals surface area contributed by atoms with Crippen LogP contribution >= 0.6 is 0 Å². The van der Waals surface area contributed by atoms with Gasteiger partial charge in [0, 0.05) is 6.04 Å². The van der Waals surface area contributed by atoms with Gasteiger partial charge in [-0.25, -0.2) is 8.42 Å². The zero-order valence-electron chi connectivity index (χ0n) is 12.9. The van der Waals surface area contributed by atoms with Gasteiger partial charge >= 0.3 is 5.97 Å². The van der Waals surface area contributed by atoms with Crippen molar-refractivity contribution in [2.24, 2.45) is 0 Å². The first-order valence-corrected chi connectivity index (χ1v) is 9.04. The average Bonchev–Trinajstić information content (AvgIpc) is 2.71. The molecule has 20 heavy (non-hydrogen) atoms. The normalized spacial score (nSPS) is 23.8. The van der Waals surface area contributed by atoms with E-state index in [1.807, 2.05) is 6.92 Å². The maximum absolute atomic E-state index is 12.4. The van der Waals surface area contributed by atoms with Crippen molar-refractivity contribution in [3.63, 3.8) is 0 Å². The largest absolute Gasteiger partial charge is 0.459 e. The molecule has 118 valence electrons. The van der Waals surface area contributed by atoms with Crippen LogP contribution in [0.15, 0.2) is 0 Å². The summed E-state index contributed by atoms with van der Waals surface area (Å²) in [5.41, 5.74) is -0.651. The predicted octanol–water partition coefficient (Wildman–Crippen LogP) is 1.66. The summed E-state index contributed by atoms with van der Waals surface area (Å²) in [5, 5.41) is 2.82. The van der Waals surface area contributed by atoms with Crippen LogP contribution < -0.4 is 5.32 Å². The summed E-state index contributed by atoms with van der Waals surface area (Å²) in [4.78, 5) is 11.7. The molecule has 1 fully saturated rings. The number of hydrogen-bond donors (Lipinski definition) is 1. The second kappa shape index (κ2) is 6.89. The molecule has 0 aromatic carbocycles. The Bertz CT molecular complexity index is 425. The highest BCUT2D eigenvalue weighted by Gasteiger charge is 2.38. The topological polar surface area (TPSA) is 72.5 Å². The van der Waals surface area contributed by atoms with E-state index in [-0.39, 0.29) is 6.04 Å². The third-order valence-corrected chi connectivity index (χ3v) is 5.43. The van der Waals surface area contributed by atoms with Crippen LogP contribution in [0.4, 0.5) is 0 Å². The number of ether oxygens (including phenoxy) is 1. The third-order valence-electron chi connectivity index (χ3n) is 3.31. The molecular weight excluding hydrogens is 278 g/mol. The zero-order chi connectivity index (χ0) is 15.4. The van der Waals surface area contributed by atoms with E-state index in [0.29, 0.717) is 6.42 Å². The van der Waals surface area contributed by atoms with Gasteiger partial charge in [0.05, 0.1) is 5.25 Å². The van der Waals surface area contributed by atoms with Crippen molar-refractivity contribution in [3.05, 3.63) is 0 Å². The molecule has 1 aliphatic rings. The second-order valence-corrected chi connectivity index (χ2v) is 8.64. The van der Waals surface area contributed by atoms with Crippen LogP contribution in [0.25, 0.3) is 0 Å². The number of hydrogen-bond acceptors (Lipinski definition) is 5. The van der Waals surface area contributed by atoms with Gasteiger partial charge in [-0.05, 0) is 46.6 Å². The molecule has 0 aromatic rings. The van der Waals surface area contributed by atoms with Gasteiger partial charge in [0.2, 0.25) is 0 Å². The predicted molar refractivity (Wildman–Crippen MR) is 79.4 cm³/mol. The van der Waals surface area contributed by atoms with Crippen LogP contribution in [0.2, 0.25) is 0 Å². The fourth-order valence-corrected chi connectivity index (χ4v) is 4.42. The summed E-state index contributed by atoms with van der Waals surface area (Å²) in [5.74, 6) is -1.17. The molecule has 5 nitrogen and oxygen atoms in total. The lowest BCUT2D eigenvalue weighted by Crippen LogP contribution is -2.43. The Morgan fingerprint density at radius 3 is 2.50 bits per heavy atom. The number of esters is 1. The Morgan fingerprint density at radius 2 is 1.95 bits per heavy atom. The highest BCUT2D eigenvalue weighted by Crippen LogP contribution is 2.26. The molecule has 1 aliphatic carbocycles. The van der Waals surface area contributed by atoms with E-state index >= 15 is 0 Å². The Hall–Kier alpha value is -0.620. The maximum atomic E-state index is 12.4. The van der Waals surface area contributed by atoms with E-state index < -0.39 is 32.4 Å². The first-order chi connectivity index (χ1) is 9.15. The van der Waals surface area contributed by atoms with E-state index in [4.69, 9.17) is 4.74 Å². The van der Waals surface area contributed by atoms with E-state index in [2.05, 4.69) is 5.32 Å². The van der Waals surface area contributed by atoms with Crippen molar-refractivity contribution < 1.29 is 17.9 Å². The number of rotatable bonds is 6. The molecule has 1 rings (SSSR count). The summed E-state index contributed by atoms with van der Waals surface area (Å²) in [7, 11) is -3.45. The number of carbonyl (C=O) groups is 1. The number of carbonyl (C=O) groups excluding carboxylic acids is 1. The fourth-order valence-electron chi connectivity index (χ4n) is 2.56. The van der Waals surface area contributed by atoms with Gasteiger partial charge < -0.3 is 10.1 Å². The van der Waals surface area contributed by atoms with Crippen molar-refractivity contribution in [1.82, 2.24) is 5.32 Å². The summed E-state index contributed by atoms with van der Waals surface area (Å²) in [6.45, 7) is 8.06. The van der Waals surface area contributed by atoms with Crippen molar-refractivity contribution in [2.45, 2.75) is 70.3 Å². The molecule has 1 saturated carbocycles. The van der Waals surface area contributed by atoms with Crippen LogP contribution in [0.1, 0.15) is 53.4 Å². The van der Waals surface area contributed by atoms with Gasteiger partial charge in [0.15, 0.2) is 9.84 Å². The molecule has 0 heterocycles. The van der Waals surface area contributed by atoms with E-state index in [1.54, 1.807) is 20.8 Å². The number of nitrogens with one attached hydrogen (secondary N) is 1. The standard InChI is InChI=1S/C14H27NO4S/c1-5-9-15-11-7-6-8-12(11)20(17,18)10-13(16)19-14(2,3)4/h11-12,15H,5-10H2,1-4H3. The Labute approximate surface area is 122 Å². The minimum atomic E-state index is -3.45. The summed E-state index contributed by atoms with van der Waals surface area (Å²) in [6.07, 6.45) is 3.35. The first kappa shape index (κ1) is 17.4. The van der Waals surface area contributed by atoms with Gasteiger partial charge in [-0.3, -0.25) is 4.79 Å². The van der Waals surface area contributed by atoms with E-state index in [0.717, 1.165) is 25.8 Å². The lowest BCUT2D eigenvalue weighted by molar-refractivity contribution is -0.151. The molecule has 2 atom stereocenters. The zero-order valence-corrected chi connectivity index (χ0v) is 13.8. The van der Waals surface area contributed by atoms with Gasteiger partial charge in [0.25, 0.3) is 0 Å². The van der Waals surface area contributed by atoms with Gasteiger partial charge in [-0.2, -0.15) is 0 Å². The fraction of sp³-hybridized carbons (Fsp3) is 0.929. The van der Waals surface area contributed by atoms with Crippen molar-refractivity contribution >= 4 is 15.8 Å². The van der Waals surface area contributed by atoms with E-state index in [9.17, 15) is 13.2 Å². The summed E-state index contributed by atoms with van der Waals surface area (Å²) < 4.78 is 29.8. The molecule has 6 heteroatoms. The van der Waals surface area contributed by atoms with Crippen molar-refractivity contribution in [3.8, 4) is 0 Å². The highest BCUT2D eigenvalue weighted by molar-refractivity contribution is 7.92. The summed E-state index contributed by atoms with van der Waals surface area (Å²) >= 11 is 0. The van der Waals surface area contributed by atoms with Gasteiger partial charge in [-0.15, -0.1) is 0 Å². The SMILES string of the molecule is CCCNC1CCCC1S(=O)(=O)CC(=O)OC(C)(C)C. The van der Waals surface area contributed by atoms with Crippen molar-refractivity contribution in [2.75, 3.05) is 12.3 Å². The van der Waals surface area contributed by atoms with Crippen molar-refractivity contribution in [1.29, 1.82) is 0 Å². The van der Waals surface area contributed by atoms with Crippen LogP contribution in [0, 0.1) is 0 Å². The smallest absolute Gasteiger partial charge is 0.321 e. The molecule has 0 radical (unpaired) electrons. The van der Waals surface area contributed by atoms with Crippen LogP contribution in [0.5, 0.6) is 0 Å². The molecule has 2 unspecified atom stereocenters. The van der Waals surface area contributed by atoms with Gasteiger partial charge in [-0.1, -0.05) is 13.3 Å². The molecule has 0 spiro atoms. The Kier molecular flexibility index (Phi) is 6.01. The minimum Gasteiger partial charge on any atom is -0.459 e. The highest BCUT2D eigenvalue weighted by atomic mass is 32.2. The van der Waals surface area contributed by atoms with Gasteiger partial charge in [0.1, 0.15) is 11.4 Å². The molecule has 0 saturated heterocycles. The number of sulfone groups is 1. The molecule has 0 aliphatic heterocycles. The maximum Gasteiger partial charge on any atom is 0.321 e. The third kappa shape index (κ3) is 5.40. The average molecular weight is 305 g/mol. The Balaban J connectivity index is 2.65. The van der Waals surface area contributed by atoms with Crippen LogP contribution in [-0.2, 0) is 19.4 Å². The lowest BCUT2D eigenvalue weighted by atomic mass is 10.2.